The number of hydrogen-bond donors (Lipinski definition) is 4. The van der Waals surface area contributed by atoms with E-state index in [9.17, 15) is 24.9 Å². The lowest BCUT2D eigenvalue weighted by Crippen LogP contribution is -2.40. The van der Waals surface area contributed by atoms with Crippen molar-refractivity contribution in [3.05, 3.63) is 23.8 Å². The summed E-state index contributed by atoms with van der Waals surface area (Å²) in [5.41, 5.74) is -0.0298. The smallest absolute Gasteiger partial charge is 0.326 e. The molecular weight excluding hydrogens is 254 g/mol. The summed E-state index contributed by atoms with van der Waals surface area (Å²) in [6, 6.07) is 2.22. The van der Waals surface area contributed by atoms with Crippen LogP contribution >= 0.6 is 0 Å². The van der Waals surface area contributed by atoms with Crippen LogP contribution in [-0.4, -0.2) is 55.9 Å². The van der Waals surface area contributed by atoms with Gasteiger partial charge in [0.15, 0.2) is 0 Å². The number of aliphatic hydroxyl groups is 1. The highest BCUT2D eigenvalue weighted by atomic mass is 16.4. The molecule has 0 radical (unpaired) electrons. The minimum atomic E-state index is -1.20. The van der Waals surface area contributed by atoms with Crippen LogP contribution < -0.4 is 0 Å². The first-order valence-electron chi connectivity index (χ1n) is 5.63. The maximum absolute atomic E-state index is 12.1. The first-order valence-corrected chi connectivity index (χ1v) is 5.63. The quantitative estimate of drug-likeness (QED) is 0.587. The fraction of sp³-hybridized carbons (Fsp3) is 0.333. The molecular formula is C12H13NO6. The average Bonchev–Trinajstić information content (AvgIpc) is 2.69. The molecule has 1 saturated heterocycles. The van der Waals surface area contributed by atoms with E-state index >= 15 is 0 Å². The molecule has 1 fully saturated rings. The van der Waals surface area contributed by atoms with E-state index in [0.29, 0.717) is 0 Å². The lowest BCUT2D eigenvalue weighted by molar-refractivity contribution is -0.141. The van der Waals surface area contributed by atoms with E-state index in [2.05, 4.69) is 0 Å². The van der Waals surface area contributed by atoms with E-state index in [0.717, 1.165) is 23.1 Å². The van der Waals surface area contributed by atoms with Crippen molar-refractivity contribution in [2.24, 2.45) is 0 Å². The standard InChI is InChI=1S/C12H13NO6/c14-7-1-6(2-8(15)3-7)11(17)13-5-9(16)4-10(13)12(18)19/h1-3,9-10,14-16H,4-5H2,(H,18,19)/t9-,10-/m0/s1. The Bertz CT molecular complexity index is 509. The summed E-state index contributed by atoms with van der Waals surface area (Å²) < 4.78 is 0. The van der Waals surface area contributed by atoms with E-state index in [1.807, 2.05) is 0 Å². The Balaban J connectivity index is 2.30. The molecule has 0 saturated carbocycles. The fourth-order valence-electron chi connectivity index (χ4n) is 2.16. The van der Waals surface area contributed by atoms with Crippen molar-refractivity contribution in [3.63, 3.8) is 0 Å². The number of benzene rings is 1. The predicted molar refractivity (Wildman–Crippen MR) is 62.9 cm³/mol. The van der Waals surface area contributed by atoms with Crippen LogP contribution in [-0.2, 0) is 4.79 Å². The number of aliphatic carboxylic acids is 1. The zero-order valence-electron chi connectivity index (χ0n) is 9.85. The van der Waals surface area contributed by atoms with Gasteiger partial charge in [0.2, 0.25) is 0 Å². The first kappa shape index (κ1) is 13.2. The Morgan fingerprint density at radius 1 is 1.16 bits per heavy atom. The molecule has 7 heteroatoms. The summed E-state index contributed by atoms with van der Waals surface area (Å²) in [6.07, 6.45) is -0.928. The fourth-order valence-corrected chi connectivity index (χ4v) is 2.16. The van der Waals surface area contributed by atoms with Crippen LogP contribution in [0.5, 0.6) is 11.5 Å². The average molecular weight is 267 g/mol. The number of amides is 1. The van der Waals surface area contributed by atoms with Gasteiger partial charge in [-0.3, -0.25) is 4.79 Å². The minimum absolute atomic E-state index is 0.0298. The monoisotopic (exact) mass is 267 g/mol. The molecule has 1 heterocycles. The highest BCUT2D eigenvalue weighted by molar-refractivity contribution is 5.97. The van der Waals surface area contributed by atoms with Gasteiger partial charge in [0.1, 0.15) is 17.5 Å². The number of phenols is 2. The third-order valence-electron chi connectivity index (χ3n) is 2.97. The maximum atomic E-state index is 12.1. The second kappa shape index (κ2) is 4.77. The van der Waals surface area contributed by atoms with Crippen molar-refractivity contribution >= 4 is 11.9 Å². The van der Waals surface area contributed by atoms with Crippen molar-refractivity contribution in [1.82, 2.24) is 4.90 Å². The van der Waals surface area contributed by atoms with Gasteiger partial charge in [-0.15, -0.1) is 0 Å². The molecule has 2 atom stereocenters. The molecule has 1 aliphatic rings. The molecule has 2 rings (SSSR count). The normalized spacial score (nSPS) is 22.5. The number of carboxylic acid groups (broad SMARTS) is 1. The molecule has 1 amide bonds. The van der Waals surface area contributed by atoms with Gasteiger partial charge in [0.25, 0.3) is 5.91 Å². The molecule has 0 aliphatic carbocycles. The first-order chi connectivity index (χ1) is 8.88. The van der Waals surface area contributed by atoms with Crippen LogP contribution in [0, 0.1) is 0 Å². The molecule has 0 aromatic heterocycles. The number of phenolic OH excluding ortho intramolecular Hbond substituents is 2. The van der Waals surface area contributed by atoms with Gasteiger partial charge in [-0.2, -0.15) is 0 Å². The van der Waals surface area contributed by atoms with E-state index in [1.54, 1.807) is 0 Å². The Morgan fingerprint density at radius 3 is 2.26 bits per heavy atom. The molecule has 1 aromatic rings. The molecule has 0 unspecified atom stereocenters. The van der Waals surface area contributed by atoms with Crippen LogP contribution in [0.4, 0.5) is 0 Å². The zero-order valence-corrected chi connectivity index (χ0v) is 9.85. The van der Waals surface area contributed by atoms with Crippen molar-refractivity contribution < 1.29 is 30.0 Å². The summed E-state index contributed by atoms with van der Waals surface area (Å²) in [7, 11) is 0. The summed E-state index contributed by atoms with van der Waals surface area (Å²) in [6.45, 7) is -0.0911. The lowest BCUT2D eigenvalue weighted by Gasteiger charge is -2.21. The SMILES string of the molecule is O=C(O)[C@@H]1C[C@H](O)CN1C(=O)c1cc(O)cc(O)c1. The Hall–Kier alpha value is -2.28. The number of nitrogens with zero attached hydrogens (tertiary/aromatic N) is 1. The number of carbonyl (C=O) groups is 2. The van der Waals surface area contributed by atoms with Crippen LogP contribution in [0.2, 0.25) is 0 Å². The zero-order chi connectivity index (χ0) is 14.2. The van der Waals surface area contributed by atoms with Gasteiger partial charge in [-0.05, 0) is 12.1 Å². The summed E-state index contributed by atoms with van der Waals surface area (Å²) in [5.74, 6) is -2.45. The predicted octanol–water partition coefficient (Wildman–Crippen LogP) is -0.242. The number of β-amino-alcohol motifs (C(OH)–C–C–N with tert-alkyl or cyclic N) is 1. The van der Waals surface area contributed by atoms with Crippen LogP contribution in [0.3, 0.4) is 0 Å². The van der Waals surface area contributed by atoms with Crippen LogP contribution in [0.25, 0.3) is 0 Å². The maximum Gasteiger partial charge on any atom is 0.326 e. The van der Waals surface area contributed by atoms with Crippen LogP contribution in [0.1, 0.15) is 16.8 Å². The largest absolute Gasteiger partial charge is 0.508 e. The number of rotatable bonds is 2. The number of likely N-dealkylation sites (tertiary alicyclic amines) is 1. The number of carboxylic acids is 1. The topological polar surface area (TPSA) is 118 Å². The molecule has 1 aromatic carbocycles. The Labute approximate surface area is 108 Å². The van der Waals surface area contributed by atoms with Gasteiger partial charge in [0, 0.05) is 24.6 Å². The number of aliphatic hydroxyl groups excluding tert-OH is 1. The third kappa shape index (κ3) is 2.60. The second-order valence-electron chi connectivity index (χ2n) is 4.44. The van der Waals surface area contributed by atoms with Gasteiger partial charge in [-0.25, -0.2) is 4.79 Å². The van der Waals surface area contributed by atoms with Crippen molar-refractivity contribution in [3.8, 4) is 11.5 Å². The highest BCUT2D eigenvalue weighted by Gasteiger charge is 2.39. The van der Waals surface area contributed by atoms with Gasteiger partial charge in [-0.1, -0.05) is 0 Å². The molecule has 0 bridgehead atoms. The molecule has 102 valence electrons. The summed E-state index contributed by atoms with van der Waals surface area (Å²) in [5, 5.41) is 37.1. The molecule has 4 N–H and O–H groups in total. The summed E-state index contributed by atoms with van der Waals surface area (Å²) in [4.78, 5) is 24.2. The highest BCUT2D eigenvalue weighted by Crippen LogP contribution is 2.25. The van der Waals surface area contributed by atoms with Gasteiger partial charge in [0.05, 0.1) is 6.10 Å². The Morgan fingerprint density at radius 2 is 1.74 bits per heavy atom. The molecule has 1 aliphatic heterocycles. The van der Waals surface area contributed by atoms with E-state index in [-0.39, 0.29) is 30.0 Å². The van der Waals surface area contributed by atoms with E-state index in [1.165, 1.54) is 0 Å². The van der Waals surface area contributed by atoms with Crippen LogP contribution in [0.15, 0.2) is 18.2 Å². The lowest BCUT2D eigenvalue weighted by atomic mass is 10.1. The molecule has 7 nitrogen and oxygen atoms in total. The second-order valence-corrected chi connectivity index (χ2v) is 4.44. The number of hydrogen-bond acceptors (Lipinski definition) is 5. The minimum Gasteiger partial charge on any atom is -0.508 e. The van der Waals surface area contributed by atoms with Gasteiger partial charge >= 0.3 is 5.97 Å². The summed E-state index contributed by atoms with van der Waals surface area (Å²) >= 11 is 0. The van der Waals surface area contributed by atoms with E-state index in [4.69, 9.17) is 5.11 Å². The molecule has 0 spiro atoms. The van der Waals surface area contributed by atoms with Crippen molar-refractivity contribution in [2.45, 2.75) is 18.6 Å². The molecule has 19 heavy (non-hydrogen) atoms. The van der Waals surface area contributed by atoms with E-state index < -0.39 is 24.0 Å². The number of aromatic hydroxyl groups is 2. The Kier molecular flexibility index (Phi) is 3.30. The van der Waals surface area contributed by atoms with Crippen molar-refractivity contribution in [1.29, 1.82) is 0 Å². The van der Waals surface area contributed by atoms with Crippen molar-refractivity contribution in [2.75, 3.05) is 6.54 Å². The number of carbonyl (C=O) groups excluding carboxylic acids is 1. The third-order valence-corrected chi connectivity index (χ3v) is 2.97. The van der Waals surface area contributed by atoms with Gasteiger partial charge < -0.3 is 25.3 Å².